The van der Waals surface area contributed by atoms with Crippen molar-refractivity contribution in [2.45, 2.75) is 6.61 Å². The standard InChI is InChI=1S/C20H14N2O3S/c23-17-11-15(10-14-8-4-5-9-16(14)17)20(24)25-12-18-21-22-19(26-18)13-6-2-1-3-7-13/h1-11,23H,12H2. The van der Waals surface area contributed by atoms with Gasteiger partial charge in [0, 0.05) is 10.9 Å². The summed E-state index contributed by atoms with van der Waals surface area (Å²) in [6.45, 7) is 0.0386. The average molecular weight is 362 g/mol. The first kappa shape index (κ1) is 16.2. The summed E-state index contributed by atoms with van der Waals surface area (Å²) in [5.74, 6) is -0.458. The molecule has 26 heavy (non-hydrogen) atoms. The number of benzene rings is 3. The molecule has 0 amide bonds. The molecule has 3 aromatic carbocycles. The third-order valence-electron chi connectivity index (χ3n) is 3.89. The van der Waals surface area contributed by atoms with E-state index in [0.29, 0.717) is 16.0 Å². The number of ether oxygens (including phenoxy) is 1. The molecule has 128 valence electrons. The Kier molecular flexibility index (Phi) is 4.33. The van der Waals surface area contributed by atoms with Crippen LogP contribution in [0, 0.1) is 0 Å². The predicted molar refractivity (Wildman–Crippen MR) is 100 cm³/mol. The molecule has 1 N–H and O–H groups in total. The molecule has 0 aliphatic carbocycles. The van der Waals surface area contributed by atoms with Gasteiger partial charge in [-0.3, -0.25) is 0 Å². The number of phenolic OH excluding ortho intramolecular Hbond substituents is 1. The van der Waals surface area contributed by atoms with E-state index in [1.54, 1.807) is 12.1 Å². The van der Waals surface area contributed by atoms with Crippen molar-refractivity contribution in [2.75, 3.05) is 0 Å². The minimum Gasteiger partial charge on any atom is -0.507 e. The van der Waals surface area contributed by atoms with Crippen LogP contribution in [0.5, 0.6) is 5.75 Å². The van der Waals surface area contributed by atoms with Crippen LogP contribution in [0.3, 0.4) is 0 Å². The lowest BCUT2D eigenvalue weighted by molar-refractivity contribution is 0.0471. The number of carbonyl (C=O) groups excluding carboxylic acids is 1. The molecule has 0 spiro atoms. The quantitative estimate of drug-likeness (QED) is 0.544. The van der Waals surface area contributed by atoms with Gasteiger partial charge in [-0.05, 0) is 17.5 Å². The number of hydrogen-bond donors (Lipinski definition) is 1. The van der Waals surface area contributed by atoms with E-state index in [2.05, 4.69) is 10.2 Å². The molecular formula is C20H14N2O3S. The normalized spacial score (nSPS) is 10.8. The van der Waals surface area contributed by atoms with Gasteiger partial charge >= 0.3 is 5.97 Å². The summed E-state index contributed by atoms with van der Waals surface area (Å²) in [5.41, 5.74) is 1.27. The van der Waals surface area contributed by atoms with Crippen molar-refractivity contribution >= 4 is 28.1 Å². The van der Waals surface area contributed by atoms with Gasteiger partial charge < -0.3 is 9.84 Å². The van der Waals surface area contributed by atoms with Gasteiger partial charge in [-0.2, -0.15) is 0 Å². The first-order valence-corrected chi connectivity index (χ1v) is 8.79. The zero-order chi connectivity index (χ0) is 17.9. The lowest BCUT2D eigenvalue weighted by Gasteiger charge is -2.06. The third kappa shape index (κ3) is 3.27. The van der Waals surface area contributed by atoms with E-state index in [-0.39, 0.29) is 12.4 Å². The van der Waals surface area contributed by atoms with Crippen LogP contribution in [0.4, 0.5) is 0 Å². The minimum atomic E-state index is -0.512. The molecule has 0 saturated heterocycles. The van der Waals surface area contributed by atoms with Crippen molar-refractivity contribution in [1.29, 1.82) is 0 Å². The van der Waals surface area contributed by atoms with E-state index in [4.69, 9.17) is 4.74 Å². The number of fused-ring (bicyclic) bond motifs is 1. The molecule has 0 saturated carbocycles. The molecule has 0 aliphatic heterocycles. The molecule has 0 bridgehead atoms. The number of carbonyl (C=O) groups is 1. The third-order valence-corrected chi connectivity index (χ3v) is 4.84. The SMILES string of the molecule is O=C(OCc1nnc(-c2ccccc2)s1)c1cc(O)c2ccccc2c1. The summed E-state index contributed by atoms with van der Waals surface area (Å²) in [5, 5.41) is 21.1. The number of hydrogen-bond acceptors (Lipinski definition) is 6. The van der Waals surface area contributed by atoms with Gasteiger partial charge in [0.25, 0.3) is 0 Å². The van der Waals surface area contributed by atoms with Gasteiger partial charge in [0.1, 0.15) is 17.4 Å². The Labute approximate surface area is 153 Å². The highest BCUT2D eigenvalue weighted by molar-refractivity contribution is 7.14. The van der Waals surface area contributed by atoms with Crippen LogP contribution in [0.25, 0.3) is 21.3 Å². The molecule has 0 unspecified atom stereocenters. The van der Waals surface area contributed by atoms with Crippen LogP contribution in [0.15, 0.2) is 66.7 Å². The highest BCUT2D eigenvalue weighted by atomic mass is 32.1. The van der Waals surface area contributed by atoms with E-state index in [1.807, 2.05) is 48.5 Å². The average Bonchev–Trinajstić information content (AvgIpc) is 3.16. The second-order valence-electron chi connectivity index (χ2n) is 5.66. The maximum absolute atomic E-state index is 12.3. The minimum absolute atomic E-state index is 0.0386. The zero-order valence-corrected chi connectivity index (χ0v) is 14.4. The monoisotopic (exact) mass is 362 g/mol. The fourth-order valence-electron chi connectivity index (χ4n) is 2.63. The summed E-state index contributed by atoms with van der Waals surface area (Å²) < 4.78 is 5.33. The number of nitrogens with zero attached hydrogens (tertiary/aromatic N) is 2. The van der Waals surface area contributed by atoms with E-state index in [1.165, 1.54) is 17.4 Å². The molecule has 4 aromatic rings. The van der Waals surface area contributed by atoms with Crippen molar-refractivity contribution in [3.8, 4) is 16.3 Å². The fourth-order valence-corrected chi connectivity index (χ4v) is 3.39. The maximum atomic E-state index is 12.3. The summed E-state index contributed by atoms with van der Waals surface area (Å²) in [6, 6.07) is 20.1. The molecule has 5 nitrogen and oxygen atoms in total. The Morgan fingerprint density at radius 1 is 1.00 bits per heavy atom. The Hall–Kier alpha value is -3.25. The molecule has 0 radical (unpaired) electrons. The van der Waals surface area contributed by atoms with Crippen LogP contribution in [0.2, 0.25) is 0 Å². The van der Waals surface area contributed by atoms with Crippen molar-refractivity contribution < 1.29 is 14.6 Å². The smallest absolute Gasteiger partial charge is 0.338 e. The first-order chi connectivity index (χ1) is 12.7. The Balaban J connectivity index is 1.48. The second kappa shape index (κ2) is 6.93. The molecule has 0 fully saturated rings. The summed E-state index contributed by atoms with van der Waals surface area (Å²) in [4.78, 5) is 12.3. The van der Waals surface area contributed by atoms with Crippen LogP contribution in [-0.2, 0) is 11.3 Å². The Morgan fingerprint density at radius 2 is 1.77 bits per heavy atom. The number of aromatic hydroxyl groups is 1. The van der Waals surface area contributed by atoms with Gasteiger partial charge in [0.15, 0.2) is 5.01 Å². The lowest BCUT2D eigenvalue weighted by atomic mass is 10.1. The molecule has 6 heteroatoms. The number of rotatable bonds is 4. The second-order valence-corrected chi connectivity index (χ2v) is 6.72. The Bertz CT molecular complexity index is 1080. The van der Waals surface area contributed by atoms with Crippen molar-refractivity contribution in [3.05, 3.63) is 77.3 Å². The van der Waals surface area contributed by atoms with E-state index in [0.717, 1.165) is 16.0 Å². The number of phenols is 1. The van der Waals surface area contributed by atoms with Crippen LogP contribution in [0.1, 0.15) is 15.4 Å². The number of aromatic nitrogens is 2. The summed E-state index contributed by atoms with van der Waals surface area (Å²) in [6.07, 6.45) is 0. The molecular weight excluding hydrogens is 348 g/mol. The van der Waals surface area contributed by atoms with Crippen LogP contribution < -0.4 is 0 Å². The van der Waals surface area contributed by atoms with Gasteiger partial charge in [-0.25, -0.2) is 4.79 Å². The van der Waals surface area contributed by atoms with E-state index >= 15 is 0 Å². The fraction of sp³-hybridized carbons (Fsp3) is 0.0500. The summed E-state index contributed by atoms with van der Waals surface area (Å²) >= 11 is 1.38. The van der Waals surface area contributed by atoms with Gasteiger partial charge in [0.2, 0.25) is 0 Å². The van der Waals surface area contributed by atoms with E-state index in [9.17, 15) is 9.90 Å². The van der Waals surface area contributed by atoms with Crippen molar-refractivity contribution in [1.82, 2.24) is 10.2 Å². The van der Waals surface area contributed by atoms with Crippen LogP contribution >= 0.6 is 11.3 Å². The zero-order valence-electron chi connectivity index (χ0n) is 13.6. The molecule has 1 heterocycles. The maximum Gasteiger partial charge on any atom is 0.338 e. The lowest BCUT2D eigenvalue weighted by Crippen LogP contribution is -2.05. The topological polar surface area (TPSA) is 72.3 Å². The van der Waals surface area contributed by atoms with Gasteiger partial charge in [0.05, 0.1) is 5.56 Å². The largest absolute Gasteiger partial charge is 0.507 e. The molecule has 0 atom stereocenters. The van der Waals surface area contributed by atoms with Crippen LogP contribution in [-0.4, -0.2) is 21.3 Å². The Morgan fingerprint density at radius 3 is 2.62 bits per heavy atom. The highest BCUT2D eigenvalue weighted by Gasteiger charge is 2.13. The molecule has 0 aliphatic rings. The van der Waals surface area contributed by atoms with Gasteiger partial charge in [-0.15, -0.1) is 10.2 Å². The van der Waals surface area contributed by atoms with Crippen molar-refractivity contribution in [2.24, 2.45) is 0 Å². The van der Waals surface area contributed by atoms with E-state index < -0.39 is 5.97 Å². The van der Waals surface area contributed by atoms with Crippen molar-refractivity contribution in [3.63, 3.8) is 0 Å². The van der Waals surface area contributed by atoms with Gasteiger partial charge in [-0.1, -0.05) is 65.9 Å². The highest BCUT2D eigenvalue weighted by Crippen LogP contribution is 2.27. The molecule has 1 aromatic heterocycles. The first-order valence-electron chi connectivity index (χ1n) is 7.97. The summed E-state index contributed by atoms with van der Waals surface area (Å²) in [7, 11) is 0. The molecule has 4 rings (SSSR count). The number of esters is 1. The predicted octanol–water partition coefficient (Wildman–Crippen LogP) is 4.42.